The van der Waals surface area contributed by atoms with Gasteiger partial charge < -0.3 is 5.11 Å². The van der Waals surface area contributed by atoms with Crippen molar-refractivity contribution in [1.29, 1.82) is 0 Å². The van der Waals surface area contributed by atoms with Gasteiger partial charge in [0.15, 0.2) is 5.75 Å². The van der Waals surface area contributed by atoms with Crippen LogP contribution in [0.3, 0.4) is 0 Å². The second kappa shape index (κ2) is 4.22. The van der Waals surface area contributed by atoms with Gasteiger partial charge in [-0.25, -0.2) is 17.8 Å². The minimum atomic E-state index is -3.98. The van der Waals surface area contributed by atoms with E-state index in [0.717, 1.165) is 18.3 Å². The SMILES string of the molecule is O=C(O)CS(=O)(=O)Nc1ccc(F)cn1. The number of aromatic nitrogens is 1. The molecule has 82 valence electrons. The molecular weight excluding hydrogens is 227 g/mol. The fraction of sp³-hybridized carbons (Fsp3) is 0.143. The van der Waals surface area contributed by atoms with Crippen LogP contribution in [0.2, 0.25) is 0 Å². The molecule has 1 rings (SSSR count). The summed E-state index contributed by atoms with van der Waals surface area (Å²) < 4.78 is 36.4. The molecule has 0 atom stereocenters. The van der Waals surface area contributed by atoms with E-state index in [2.05, 4.69) is 4.98 Å². The minimum Gasteiger partial charge on any atom is -0.480 e. The van der Waals surface area contributed by atoms with Crippen molar-refractivity contribution in [3.63, 3.8) is 0 Å². The summed E-state index contributed by atoms with van der Waals surface area (Å²) in [6.07, 6.45) is 0.818. The summed E-state index contributed by atoms with van der Waals surface area (Å²) in [7, 11) is -3.98. The molecule has 0 aromatic carbocycles. The molecule has 0 unspecified atom stereocenters. The Balaban J connectivity index is 2.78. The van der Waals surface area contributed by atoms with Crippen molar-refractivity contribution in [2.24, 2.45) is 0 Å². The maximum absolute atomic E-state index is 12.4. The van der Waals surface area contributed by atoms with E-state index in [1.54, 1.807) is 0 Å². The zero-order valence-corrected chi connectivity index (χ0v) is 8.16. The van der Waals surface area contributed by atoms with Crippen molar-refractivity contribution < 1.29 is 22.7 Å². The highest BCUT2D eigenvalue weighted by Crippen LogP contribution is 2.05. The van der Waals surface area contributed by atoms with Gasteiger partial charge in [0, 0.05) is 0 Å². The average Bonchev–Trinajstić information content (AvgIpc) is 2.06. The second-order valence-corrected chi connectivity index (χ2v) is 4.34. The standard InChI is InChI=1S/C7H7FN2O4S/c8-5-1-2-6(9-3-5)10-15(13,14)4-7(11)12/h1-3H,4H2,(H,9,10)(H,11,12). The molecular formula is C7H7FN2O4S. The first kappa shape index (κ1) is 11.4. The number of rotatable bonds is 4. The molecule has 0 amide bonds. The first-order valence-corrected chi connectivity index (χ1v) is 5.38. The highest BCUT2D eigenvalue weighted by atomic mass is 32.2. The normalized spacial score (nSPS) is 11.0. The topological polar surface area (TPSA) is 96.4 Å². The monoisotopic (exact) mass is 234 g/mol. The maximum Gasteiger partial charge on any atom is 0.320 e. The van der Waals surface area contributed by atoms with Gasteiger partial charge in [-0.05, 0) is 12.1 Å². The molecule has 1 aromatic heterocycles. The summed E-state index contributed by atoms with van der Waals surface area (Å²) in [4.78, 5) is 13.6. The number of carbonyl (C=O) groups is 1. The van der Waals surface area contributed by atoms with Gasteiger partial charge in [0.05, 0.1) is 6.20 Å². The third-order valence-corrected chi connectivity index (χ3v) is 2.45. The first-order valence-electron chi connectivity index (χ1n) is 3.73. The van der Waals surface area contributed by atoms with Crippen molar-refractivity contribution in [3.8, 4) is 0 Å². The summed E-state index contributed by atoms with van der Waals surface area (Å²) in [5.74, 6) is -3.29. The molecule has 0 saturated heterocycles. The van der Waals surface area contributed by atoms with E-state index in [-0.39, 0.29) is 5.82 Å². The highest BCUT2D eigenvalue weighted by Gasteiger charge is 2.15. The van der Waals surface area contributed by atoms with Crippen LogP contribution in [0.25, 0.3) is 0 Å². The molecule has 0 radical (unpaired) electrons. The first-order chi connectivity index (χ1) is 6.89. The zero-order chi connectivity index (χ0) is 11.5. The van der Waals surface area contributed by atoms with E-state index in [9.17, 15) is 17.6 Å². The lowest BCUT2D eigenvalue weighted by atomic mass is 10.5. The van der Waals surface area contributed by atoms with E-state index < -0.39 is 27.6 Å². The predicted molar refractivity (Wildman–Crippen MR) is 49.2 cm³/mol. The number of nitrogens with one attached hydrogen (secondary N) is 1. The van der Waals surface area contributed by atoms with Crippen LogP contribution in [0.4, 0.5) is 10.2 Å². The molecule has 2 N–H and O–H groups in total. The van der Waals surface area contributed by atoms with E-state index in [1.807, 2.05) is 4.72 Å². The number of carboxylic acids is 1. The zero-order valence-electron chi connectivity index (χ0n) is 7.34. The molecule has 0 aliphatic carbocycles. The van der Waals surface area contributed by atoms with Gasteiger partial charge in [0.2, 0.25) is 10.0 Å². The summed E-state index contributed by atoms with van der Waals surface area (Å²) in [6, 6.07) is 2.10. The lowest BCUT2D eigenvalue weighted by molar-refractivity contribution is -0.134. The number of halogens is 1. The molecule has 1 heterocycles. The van der Waals surface area contributed by atoms with E-state index in [4.69, 9.17) is 5.11 Å². The predicted octanol–water partition coefficient (Wildman–Crippen LogP) is 0.0470. The molecule has 0 aliphatic heterocycles. The molecule has 15 heavy (non-hydrogen) atoms. The molecule has 1 aromatic rings. The van der Waals surface area contributed by atoms with Gasteiger partial charge in [0.25, 0.3) is 0 Å². The number of anilines is 1. The number of carboxylic acid groups (broad SMARTS) is 1. The minimum absolute atomic E-state index is 0.127. The van der Waals surface area contributed by atoms with Crippen LogP contribution in [0.5, 0.6) is 0 Å². The van der Waals surface area contributed by atoms with Crippen LogP contribution in [0, 0.1) is 5.82 Å². The van der Waals surface area contributed by atoms with Crippen LogP contribution in [0.15, 0.2) is 18.3 Å². The van der Waals surface area contributed by atoms with Crippen LogP contribution < -0.4 is 4.72 Å². The molecule has 6 nitrogen and oxygen atoms in total. The molecule has 0 aliphatic rings. The van der Waals surface area contributed by atoms with E-state index in [1.165, 1.54) is 0 Å². The Hall–Kier alpha value is -1.70. The third-order valence-electron chi connectivity index (χ3n) is 1.30. The van der Waals surface area contributed by atoms with Crippen LogP contribution in [0.1, 0.15) is 0 Å². The summed E-state index contributed by atoms with van der Waals surface area (Å²) >= 11 is 0. The second-order valence-electron chi connectivity index (χ2n) is 2.62. The quantitative estimate of drug-likeness (QED) is 0.767. The van der Waals surface area contributed by atoms with Gasteiger partial charge in [-0.1, -0.05) is 0 Å². The van der Waals surface area contributed by atoms with Crippen LogP contribution >= 0.6 is 0 Å². The highest BCUT2D eigenvalue weighted by molar-refractivity contribution is 7.93. The number of aliphatic carboxylic acids is 1. The van der Waals surface area contributed by atoms with Crippen molar-refractivity contribution in [1.82, 2.24) is 4.98 Å². The molecule has 8 heteroatoms. The lowest BCUT2D eigenvalue weighted by Gasteiger charge is -2.03. The number of sulfonamides is 1. The summed E-state index contributed by atoms with van der Waals surface area (Å²) in [5, 5.41) is 8.27. The van der Waals surface area contributed by atoms with Crippen molar-refractivity contribution >= 4 is 21.8 Å². The molecule has 0 bridgehead atoms. The fourth-order valence-corrected chi connectivity index (χ4v) is 1.63. The fourth-order valence-electron chi connectivity index (χ4n) is 0.794. The molecule has 0 fully saturated rings. The maximum atomic E-state index is 12.4. The number of hydrogen-bond acceptors (Lipinski definition) is 4. The Morgan fingerprint density at radius 1 is 1.53 bits per heavy atom. The number of hydrogen-bond donors (Lipinski definition) is 2. The van der Waals surface area contributed by atoms with Gasteiger partial charge in [-0.2, -0.15) is 0 Å². The molecule has 0 saturated carbocycles. The Labute approximate surface area is 84.8 Å². The summed E-state index contributed by atoms with van der Waals surface area (Å²) in [6.45, 7) is 0. The van der Waals surface area contributed by atoms with Crippen LogP contribution in [-0.2, 0) is 14.8 Å². The lowest BCUT2D eigenvalue weighted by Crippen LogP contribution is -2.22. The Morgan fingerprint density at radius 2 is 2.20 bits per heavy atom. The van der Waals surface area contributed by atoms with Gasteiger partial charge >= 0.3 is 5.97 Å². The molecule has 0 spiro atoms. The van der Waals surface area contributed by atoms with E-state index >= 15 is 0 Å². The number of nitrogens with zero attached hydrogens (tertiary/aromatic N) is 1. The van der Waals surface area contributed by atoms with Crippen LogP contribution in [-0.4, -0.2) is 30.2 Å². The Kier molecular flexibility index (Phi) is 3.20. The average molecular weight is 234 g/mol. The summed E-state index contributed by atoms with van der Waals surface area (Å²) in [5.41, 5.74) is 0. The van der Waals surface area contributed by atoms with Gasteiger partial charge in [-0.3, -0.25) is 9.52 Å². The van der Waals surface area contributed by atoms with Gasteiger partial charge in [0.1, 0.15) is 11.6 Å². The smallest absolute Gasteiger partial charge is 0.320 e. The van der Waals surface area contributed by atoms with Crippen molar-refractivity contribution in [2.45, 2.75) is 0 Å². The Morgan fingerprint density at radius 3 is 2.67 bits per heavy atom. The Bertz CT molecular complexity index is 456. The third kappa shape index (κ3) is 3.90. The van der Waals surface area contributed by atoms with Crippen molar-refractivity contribution in [2.75, 3.05) is 10.5 Å². The van der Waals surface area contributed by atoms with E-state index in [0.29, 0.717) is 0 Å². The largest absolute Gasteiger partial charge is 0.480 e. The van der Waals surface area contributed by atoms with Gasteiger partial charge in [-0.15, -0.1) is 0 Å². The van der Waals surface area contributed by atoms with Crippen molar-refractivity contribution in [3.05, 3.63) is 24.1 Å². The number of pyridine rings is 1.